The van der Waals surface area contributed by atoms with Gasteiger partial charge in [0, 0.05) is 29.4 Å². The van der Waals surface area contributed by atoms with Crippen LogP contribution in [0.2, 0.25) is 10.0 Å². The molecule has 0 spiro atoms. The molecule has 1 atom stereocenters. The van der Waals surface area contributed by atoms with E-state index < -0.39 is 27.3 Å². The molecule has 0 radical (unpaired) electrons. The van der Waals surface area contributed by atoms with Gasteiger partial charge in [0.1, 0.15) is 4.90 Å². The van der Waals surface area contributed by atoms with Gasteiger partial charge in [0.25, 0.3) is 11.6 Å². The Kier molecular flexibility index (Phi) is 6.55. The Morgan fingerprint density at radius 3 is 2.40 bits per heavy atom. The first-order chi connectivity index (χ1) is 14.2. The highest BCUT2D eigenvalue weighted by Gasteiger charge is 2.25. The predicted octanol–water partition coefficient (Wildman–Crippen LogP) is 5.65. The molecule has 9 heteroatoms. The van der Waals surface area contributed by atoms with Crippen LogP contribution < -0.4 is 4.90 Å². The van der Waals surface area contributed by atoms with Crippen LogP contribution in [0, 0.1) is 17.0 Å². The van der Waals surface area contributed by atoms with Gasteiger partial charge < -0.3 is 4.90 Å². The average molecular weight is 463 g/mol. The molecule has 3 rings (SSSR count). The number of rotatable bonds is 5. The molecule has 0 heterocycles. The Morgan fingerprint density at radius 1 is 1.03 bits per heavy atom. The van der Waals surface area contributed by atoms with E-state index in [9.17, 15) is 19.1 Å². The number of halogens is 2. The highest BCUT2D eigenvalue weighted by molar-refractivity contribution is 7.85. The molecule has 6 nitrogen and oxygen atoms in total. The summed E-state index contributed by atoms with van der Waals surface area (Å²) >= 11 is 12.0. The normalized spacial score (nSPS) is 11.7. The molecular weight excluding hydrogens is 447 g/mol. The fraction of sp³-hybridized carbons (Fsp3) is 0.0952. The Labute approximate surface area is 185 Å². The van der Waals surface area contributed by atoms with Crippen molar-refractivity contribution in [2.24, 2.45) is 0 Å². The van der Waals surface area contributed by atoms with Gasteiger partial charge in [-0.1, -0.05) is 41.4 Å². The second kappa shape index (κ2) is 8.95. The molecule has 30 heavy (non-hydrogen) atoms. The van der Waals surface area contributed by atoms with Crippen LogP contribution in [0.1, 0.15) is 15.9 Å². The highest BCUT2D eigenvalue weighted by Crippen LogP contribution is 2.32. The molecule has 0 bridgehead atoms. The first-order valence-electron chi connectivity index (χ1n) is 8.69. The summed E-state index contributed by atoms with van der Waals surface area (Å²) in [4.78, 5) is 25.4. The Balaban J connectivity index is 2.03. The van der Waals surface area contributed by atoms with Crippen molar-refractivity contribution in [1.82, 2.24) is 0 Å². The maximum Gasteiger partial charge on any atom is 0.286 e. The fourth-order valence-corrected chi connectivity index (χ4v) is 4.73. The number of hydrogen-bond acceptors (Lipinski definition) is 4. The van der Waals surface area contributed by atoms with Crippen LogP contribution in [-0.4, -0.2) is 22.1 Å². The van der Waals surface area contributed by atoms with E-state index in [0.29, 0.717) is 10.7 Å². The molecule has 0 N–H and O–H groups in total. The lowest BCUT2D eigenvalue weighted by atomic mass is 10.1. The van der Waals surface area contributed by atoms with E-state index in [1.165, 1.54) is 35.2 Å². The number of nitro benzene ring substituents is 1. The molecule has 1 amide bonds. The highest BCUT2D eigenvalue weighted by atomic mass is 35.5. The number of carbonyl (C=O) groups is 1. The smallest absolute Gasteiger partial charge is 0.286 e. The van der Waals surface area contributed by atoms with Crippen LogP contribution in [0.4, 0.5) is 11.4 Å². The molecule has 0 fully saturated rings. The Hall–Kier alpha value is -2.74. The lowest BCUT2D eigenvalue weighted by Crippen LogP contribution is -2.27. The summed E-state index contributed by atoms with van der Waals surface area (Å²) in [6.07, 6.45) is 0. The third kappa shape index (κ3) is 4.38. The first kappa shape index (κ1) is 22.0. The number of nitro groups is 1. The average Bonchev–Trinajstić information content (AvgIpc) is 2.73. The van der Waals surface area contributed by atoms with Crippen LogP contribution >= 0.6 is 23.2 Å². The zero-order valence-electron chi connectivity index (χ0n) is 16.0. The summed E-state index contributed by atoms with van der Waals surface area (Å²) in [6.45, 7) is 1.86. The standard InChI is InChI=1S/C21H16Cl2N2O4S/c1-13-5-3-4-6-17(13)24(2)21(26)14-7-10-19(18(11-14)25(27)28)30(29)20-12-15(22)8-9-16(20)23/h3-12H,1-2H3. The summed E-state index contributed by atoms with van der Waals surface area (Å²) < 4.78 is 13.0. The fourth-order valence-electron chi connectivity index (χ4n) is 2.93. The molecule has 1 unspecified atom stereocenters. The minimum Gasteiger partial charge on any atom is -0.311 e. The molecule has 3 aromatic rings. The SMILES string of the molecule is Cc1ccccc1N(C)C(=O)c1ccc(S(=O)c2cc(Cl)ccc2Cl)c([N+](=O)[O-])c1. The van der Waals surface area contributed by atoms with E-state index >= 15 is 0 Å². The molecule has 0 aliphatic carbocycles. The van der Waals surface area contributed by atoms with E-state index in [0.717, 1.165) is 11.6 Å². The van der Waals surface area contributed by atoms with E-state index in [1.807, 2.05) is 19.1 Å². The Bertz CT molecular complexity index is 1180. The van der Waals surface area contributed by atoms with Crippen molar-refractivity contribution in [1.29, 1.82) is 0 Å². The third-order valence-electron chi connectivity index (χ3n) is 4.48. The van der Waals surface area contributed by atoms with Crippen molar-refractivity contribution in [2.45, 2.75) is 16.7 Å². The van der Waals surface area contributed by atoms with Crippen LogP contribution in [0.25, 0.3) is 0 Å². The van der Waals surface area contributed by atoms with Crippen LogP contribution in [0.15, 0.2) is 70.5 Å². The number of nitrogens with zero attached hydrogens (tertiary/aromatic N) is 2. The number of anilines is 1. The van der Waals surface area contributed by atoms with Crippen molar-refractivity contribution < 1.29 is 13.9 Å². The van der Waals surface area contributed by atoms with Gasteiger partial charge in [0.15, 0.2) is 0 Å². The van der Waals surface area contributed by atoms with Crippen LogP contribution in [-0.2, 0) is 10.8 Å². The largest absolute Gasteiger partial charge is 0.311 e. The predicted molar refractivity (Wildman–Crippen MR) is 118 cm³/mol. The lowest BCUT2D eigenvalue weighted by Gasteiger charge is -2.19. The molecular formula is C21H16Cl2N2O4S. The second-order valence-corrected chi connectivity index (χ2v) is 8.69. The molecule has 0 aliphatic heterocycles. The van der Waals surface area contributed by atoms with Gasteiger partial charge in [-0.05, 0) is 48.9 Å². The summed E-state index contributed by atoms with van der Waals surface area (Å²) in [5.41, 5.74) is 1.23. The Morgan fingerprint density at radius 2 is 1.73 bits per heavy atom. The zero-order valence-corrected chi connectivity index (χ0v) is 18.3. The number of aryl methyl sites for hydroxylation is 1. The van der Waals surface area contributed by atoms with Gasteiger partial charge in [0.05, 0.1) is 25.6 Å². The lowest BCUT2D eigenvalue weighted by molar-refractivity contribution is -0.387. The second-order valence-electron chi connectivity index (χ2n) is 6.43. The zero-order chi connectivity index (χ0) is 22.0. The van der Waals surface area contributed by atoms with Gasteiger partial charge in [-0.3, -0.25) is 14.9 Å². The molecule has 3 aromatic carbocycles. The van der Waals surface area contributed by atoms with Crippen LogP contribution in [0.3, 0.4) is 0 Å². The molecule has 154 valence electrons. The number of hydrogen-bond donors (Lipinski definition) is 0. The minimum absolute atomic E-state index is 0.0701. The molecule has 0 saturated heterocycles. The summed E-state index contributed by atoms with van der Waals surface area (Å²) in [7, 11) is -0.364. The van der Waals surface area contributed by atoms with Gasteiger partial charge in [-0.2, -0.15) is 0 Å². The molecule has 0 aromatic heterocycles. The van der Waals surface area contributed by atoms with Crippen molar-refractivity contribution in [3.8, 4) is 0 Å². The summed E-state index contributed by atoms with van der Waals surface area (Å²) in [5, 5.41) is 12.1. The number of carbonyl (C=O) groups excluding carboxylic acids is 1. The van der Waals surface area contributed by atoms with Gasteiger partial charge in [-0.25, -0.2) is 4.21 Å². The monoisotopic (exact) mass is 462 g/mol. The first-order valence-corrected chi connectivity index (χ1v) is 10.6. The molecule has 0 aliphatic rings. The van der Waals surface area contributed by atoms with E-state index in [4.69, 9.17) is 23.2 Å². The van der Waals surface area contributed by atoms with Gasteiger partial charge in [-0.15, -0.1) is 0 Å². The van der Waals surface area contributed by atoms with E-state index in [-0.39, 0.29) is 20.4 Å². The van der Waals surface area contributed by atoms with E-state index in [1.54, 1.807) is 19.2 Å². The van der Waals surface area contributed by atoms with Crippen LogP contribution in [0.5, 0.6) is 0 Å². The maximum atomic E-state index is 13.0. The van der Waals surface area contributed by atoms with E-state index in [2.05, 4.69) is 0 Å². The number of para-hydroxylation sites is 1. The van der Waals surface area contributed by atoms with Crippen molar-refractivity contribution in [3.05, 3.63) is 92.0 Å². The quantitative estimate of drug-likeness (QED) is 0.362. The summed E-state index contributed by atoms with van der Waals surface area (Å²) in [5.74, 6) is -0.425. The number of amides is 1. The van der Waals surface area contributed by atoms with Crippen molar-refractivity contribution in [2.75, 3.05) is 11.9 Å². The topological polar surface area (TPSA) is 80.5 Å². The van der Waals surface area contributed by atoms with Crippen molar-refractivity contribution in [3.63, 3.8) is 0 Å². The van der Waals surface area contributed by atoms with Gasteiger partial charge in [0.2, 0.25) is 0 Å². The summed E-state index contributed by atoms with van der Waals surface area (Å²) in [6, 6.07) is 15.6. The minimum atomic E-state index is -1.96. The third-order valence-corrected chi connectivity index (χ3v) is 6.64. The maximum absolute atomic E-state index is 13.0. The molecule has 0 saturated carbocycles. The van der Waals surface area contributed by atoms with Gasteiger partial charge >= 0.3 is 0 Å². The number of benzene rings is 3. The van der Waals surface area contributed by atoms with Crippen molar-refractivity contribution >= 4 is 51.3 Å².